The molecule has 0 amide bonds. The normalized spacial score (nSPS) is 9.85. The van der Waals surface area contributed by atoms with Crippen LogP contribution in [0.3, 0.4) is 0 Å². The summed E-state index contributed by atoms with van der Waals surface area (Å²) < 4.78 is 1.04. The minimum atomic E-state index is 0.608. The van der Waals surface area contributed by atoms with E-state index in [0.29, 0.717) is 5.56 Å². The van der Waals surface area contributed by atoms with Gasteiger partial charge in [-0.3, -0.25) is 4.98 Å². The van der Waals surface area contributed by atoms with E-state index in [1.54, 1.807) is 17.5 Å². The molecule has 0 radical (unpaired) electrons. The molecule has 0 aromatic carbocycles. The summed E-state index contributed by atoms with van der Waals surface area (Å²) in [5, 5.41) is 13.7. The van der Waals surface area contributed by atoms with Gasteiger partial charge in [0.05, 0.1) is 16.0 Å². The fourth-order valence-corrected chi connectivity index (χ4v) is 2.10. The highest BCUT2D eigenvalue weighted by Crippen LogP contribution is 2.28. The van der Waals surface area contributed by atoms with E-state index in [0.717, 1.165) is 15.9 Å². The Morgan fingerprint density at radius 2 is 2.46 bits per heavy atom. The van der Waals surface area contributed by atoms with Crippen LogP contribution in [0.15, 0.2) is 17.6 Å². The number of hydrogen-bond donors (Lipinski definition) is 1. The summed E-state index contributed by atoms with van der Waals surface area (Å²) in [6.45, 7) is 0. The molecule has 0 saturated heterocycles. The van der Waals surface area contributed by atoms with Gasteiger partial charge in [0.15, 0.2) is 0 Å². The molecular formula is C9H7N3S. The highest BCUT2D eigenvalue weighted by atomic mass is 32.1. The van der Waals surface area contributed by atoms with E-state index in [1.807, 2.05) is 18.5 Å². The summed E-state index contributed by atoms with van der Waals surface area (Å²) in [5.74, 6) is 0. The van der Waals surface area contributed by atoms with Crippen molar-refractivity contribution < 1.29 is 0 Å². The van der Waals surface area contributed by atoms with Crippen LogP contribution in [0, 0.1) is 11.3 Å². The largest absolute Gasteiger partial charge is 0.386 e. The number of pyridine rings is 1. The van der Waals surface area contributed by atoms with E-state index in [2.05, 4.69) is 16.4 Å². The van der Waals surface area contributed by atoms with E-state index in [4.69, 9.17) is 5.26 Å². The van der Waals surface area contributed by atoms with Crippen LogP contribution in [0.25, 0.3) is 10.2 Å². The summed E-state index contributed by atoms with van der Waals surface area (Å²) in [6.07, 6.45) is 1.59. The molecule has 0 unspecified atom stereocenters. The second-order valence-corrected chi connectivity index (χ2v) is 3.49. The maximum atomic E-state index is 8.66. The third-order valence-corrected chi connectivity index (χ3v) is 2.73. The first-order chi connectivity index (χ1) is 6.35. The Morgan fingerprint density at radius 3 is 3.15 bits per heavy atom. The van der Waals surface area contributed by atoms with Crippen LogP contribution in [0.2, 0.25) is 0 Å². The van der Waals surface area contributed by atoms with Crippen LogP contribution in [-0.2, 0) is 0 Å². The van der Waals surface area contributed by atoms with Crippen molar-refractivity contribution in [1.82, 2.24) is 4.98 Å². The van der Waals surface area contributed by atoms with Crippen molar-refractivity contribution in [1.29, 1.82) is 5.26 Å². The van der Waals surface area contributed by atoms with Gasteiger partial charge in [-0.05, 0) is 6.07 Å². The van der Waals surface area contributed by atoms with Crippen molar-refractivity contribution in [2.45, 2.75) is 0 Å². The molecule has 0 aliphatic heterocycles. The van der Waals surface area contributed by atoms with Crippen LogP contribution >= 0.6 is 11.3 Å². The minimum Gasteiger partial charge on any atom is -0.386 e. The predicted molar refractivity (Wildman–Crippen MR) is 53.9 cm³/mol. The third-order valence-electron chi connectivity index (χ3n) is 1.81. The second-order valence-electron chi connectivity index (χ2n) is 2.58. The van der Waals surface area contributed by atoms with Gasteiger partial charge in [-0.2, -0.15) is 5.26 Å². The second kappa shape index (κ2) is 3.04. The van der Waals surface area contributed by atoms with E-state index < -0.39 is 0 Å². The Morgan fingerprint density at radius 1 is 1.62 bits per heavy atom. The Labute approximate surface area is 79.6 Å². The number of rotatable bonds is 1. The first kappa shape index (κ1) is 8.02. The molecule has 2 aromatic rings. The average molecular weight is 189 g/mol. The third kappa shape index (κ3) is 1.23. The van der Waals surface area contributed by atoms with Gasteiger partial charge in [-0.1, -0.05) is 0 Å². The number of nitrogens with one attached hydrogen (secondary N) is 1. The number of nitrogens with zero attached hydrogens (tertiary/aromatic N) is 2. The zero-order valence-electron chi connectivity index (χ0n) is 7.03. The Kier molecular flexibility index (Phi) is 1.87. The van der Waals surface area contributed by atoms with Crippen LogP contribution < -0.4 is 5.32 Å². The monoisotopic (exact) mass is 189 g/mol. The SMILES string of the molecule is CNc1csc2cc(C#N)cnc12. The fourth-order valence-electron chi connectivity index (χ4n) is 1.15. The van der Waals surface area contributed by atoms with Crippen molar-refractivity contribution in [3.63, 3.8) is 0 Å². The Hall–Kier alpha value is -1.60. The first-order valence-corrected chi connectivity index (χ1v) is 4.68. The first-order valence-electron chi connectivity index (χ1n) is 3.80. The van der Waals surface area contributed by atoms with Crippen LogP contribution in [-0.4, -0.2) is 12.0 Å². The molecule has 0 bridgehead atoms. The molecule has 0 fully saturated rings. The fraction of sp³-hybridized carbons (Fsp3) is 0.111. The molecule has 0 aliphatic rings. The average Bonchev–Trinajstić information content (AvgIpc) is 2.59. The molecule has 2 aromatic heterocycles. The summed E-state index contributed by atoms with van der Waals surface area (Å²) >= 11 is 1.59. The van der Waals surface area contributed by atoms with Crippen molar-refractivity contribution in [3.8, 4) is 6.07 Å². The number of hydrogen-bond acceptors (Lipinski definition) is 4. The van der Waals surface area contributed by atoms with Gasteiger partial charge in [0, 0.05) is 18.6 Å². The van der Waals surface area contributed by atoms with E-state index >= 15 is 0 Å². The van der Waals surface area contributed by atoms with Gasteiger partial charge < -0.3 is 5.32 Å². The van der Waals surface area contributed by atoms with Gasteiger partial charge in [-0.25, -0.2) is 0 Å². The molecule has 2 heterocycles. The van der Waals surface area contributed by atoms with Gasteiger partial charge in [-0.15, -0.1) is 11.3 Å². The molecular weight excluding hydrogens is 182 g/mol. The summed E-state index contributed by atoms with van der Waals surface area (Å²) in [7, 11) is 1.86. The molecule has 0 atom stereocenters. The number of nitriles is 1. The van der Waals surface area contributed by atoms with Crippen molar-refractivity contribution in [2.24, 2.45) is 0 Å². The number of fused-ring (bicyclic) bond motifs is 1. The standard InChI is InChI=1S/C9H7N3S/c1-11-7-5-13-8-2-6(3-10)4-12-9(7)8/h2,4-5,11H,1H3. The van der Waals surface area contributed by atoms with Gasteiger partial charge in [0.1, 0.15) is 11.6 Å². The molecule has 3 nitrogen and oxygen atoms in total. The van der Waals surface area contributed by atoms with Crippen LogP contribution in [0.5, 0.6) is 0 Å². The molecule has 2 rings (SSSR count). The zero-order valence-corrected chi connectivity index (χ0v) is 7.85. The van der Waals surface area contributed by atoms with E-state index in [9.17, 15) is 0 Å². The number of thiophene rings is 1. The lowest BCUT2D eigenvalue weighted by Crippen LogP contribution is -1.86. The van der Waals surface area contributed by atoms with E-state index in [1.165, 1.54) is 0 Å². The lowest BCUT2D eigenvalue weighted by atomic mass is 10.3. The molecule has 64 valence electrons. The van der Waals surface area contributed by atoms with Crippen LogP contribution in [0.4, 0.5) is 5.69 Å². The maximum Gasteiger partial charge on any atom is 0.104 e. The highest BCUT2D eigenvalue weighted by molar-refractivity contribution is 7.17. The molecule has 13 heavy (non-hydrogen) atoms. The Balaban J connectivity index is 2.70. The summed E-state index contributed by atoms with van der Waals surface area (Å²) in [5.41, 5.74) is 2.56. The molecule has 4 heteroatoms. The molecule has 1 N–H and O–H groups in total. The zero-order chi connectivity index (χ0) is 9.26. The van der Waals surface area contributed by atoms with Gasteiger partial charge >= 0.3 is 0 Å². The Bertz CT molecular complexity index is 481. The van der Waals surface area contributed by atoms with Crippen molar-refractivity contribution in [3.05, 3.63) is 23.2 Å². The maximum absolute atomic E-state index is 8.66. The topological polar surface area (TPSA) is 48.7 Å². The minimum absolute atomic E-state index is 0.608. The molecule has 0 aliphatic carbocycles. The van der Waals surface area contributed by atoms with Gasteiger partial charge in [0.2, 0.25) is 0 Å². The molecule has 0 spiro atoms. The van der Waals surface area contributed by atoms with E-state index in [-0.39, 0.29) is 0 Å². The highest BCUT2D eigenvalue weighted by Gasteiger charge is 2.03. The number of anilines is 1. The number of aromatic nitrogens is 1. The predicted octanol–water partition coefficient (Wildman–Crippen LogP) is 2.21. The summed E-state index contributed by atoms with van der Waals surface area (Å²) in [4.78, 5) is 4.21. The molecule has 0 saturated carbocycles. The smallest absolute Gasteiger partial charge is 0.104 e. The summed E-state index contributed by atoms with van der Waals surface area (Å²) in [6, 6.07) is 3.93. The van der Waals surface area contributed by atoms with Crippen molar-refractivity contribution in [2.75, 3.05) is 12.4 Å². The lowest BCUT2D eigenvalue weighted by Gasteiger charge is -1.94. The quantitative estimate of drug-likeness (QED) is 0.748. The lowest BCUT2D eigenvalue weighted by molar-refractivity contribution is 1.38. The van der Waals surface area contributed by atoms with Crippen LogP contribution in [0.1, 0.15) is 5.56 Å². The van der Waals surface area contributed by atoms with Crippen molar-refractivity contribution >= 4 is 27.2 Å². The van der Waals surface area contributed by atoms with Gasteiger partial charge in [0.25, 0.3) is 0 Å².